The minimum absolute atomic E-state index is 0.0713. The van der Waals surface area contributed by atoms with Gasteiger partial charge in [0.05, 0.1) is 24.1 Å². The van der Waals surface area contributed by atoms with Crippen molar-refractivity contribution in [1.82, 2.24) is 14.8 Å². The molecule has 1 amide bonds. The zero-order chi connectivity index (χ0) is 24.5. The summed E-state index contributed by atoms with van der Waals surface area (Å²) in [5.41, 5.74) is 3.38. The van der Waals surface area contributed by atoms with E-state index in [1.54, 1.807) is 16.7 Å². The first-order valence-corrected chi connectivity index (χ1v) is 11.1. The molecular weight excluding hydrogens is 446 g/mol. The first kappa shape index (κ1) is 22.3. The average Bonchev–Trinajstić information content (AvgIpc) is 3.38. The monoisotopic (exact) mass is 469 g/mol. The third-order valence-electron chi connectivity index (χ3n) is 6.33. The van der Waals surface area contributed by atoms with Crippen molar-refractivity contribution in [3.05, 3.63) is 111 Å². The van der Waals surface area contributed by atoms with Crippen LogP contribution >= 0.6 is 0 Å². The van der Waals surface area contributed by atoms with Crippen molar-refractivity contribution in [1.29, 1.82) is 0 Å². The number of non-ortho nitro benzene ring substituents is 1. The van der Waals surface area contributed by atoms with E-state index in [-0.39, 0.29) is 23.7 Å². The highest BCUT2D eigenvalue weighted by molar-refractivity contribution is 6.06. The number of methoxy groups -OCH3 is 1. The molecule has 0 unspecified atom stereocenters. The second-order valence-electron chi connectivity index (χ2n) is 8.43. The number of anilines is 1. The number of hydrogen-bond acceptors (Lipinski definition) is 6. The summed E-state index contributed by atoms with van der Waals surface area (Å²) in [4.78, 5) is 30.5. The molecule has 0 fully saturated rings. The molecule has 176 valence electrons. The Morgan fingerprint density at radius 1 is 0.971 bits per heavy atom. The fraction of sp³-hybridized carbons (Fsp3) is 0.192. The third kappa shape index (κ3) is 4.12. The van der Waals surface area contributed by atoms with Gasteiger partial charge in [-0.15, -0.1) is 0 Å². The topological polar surface area (TPSA) is 103 Å². The van der Waals surface area contributed by atoms with Crippen LogP contribution in [-0.4, -0.2) is 32.7 Å². The lowest BCUT2D eigenvalue weighted by molar-refractivity contribution is -0.384. The number of ether oxygens (including phenoxy) is 1. The highest BCUT2D eigenvalue weighted by Crippen LogP contribution is 2.42. The van der Waals surface area contributed by atoms with Gasteiger partial charge in [-0.25, -0.2) is 4.68 Å². The minimum Gasteiger partial charge on any atom is -0.497 e. The molecule has 1 aliphatic rings. The third-order valence-corrected chi connectivity index (χ3v) is 6.33. The van der Waals surface area contributed by atoms with Gasteiger partial charge in [-0.05, 0) is 48.7 Å². The number of nitrogens with zero attached hydrogens (tertiary/aromatic N) is 5. The van der Waals surface area contributed by atoms with E-state index in [1.807, 2.05) is 55.5 Å². The van der Waals surface area contributed by atoms with Crippen molar-refractivity contribution in [2.45, 2.75) is 25.4 Å². The van der Waals surface area contributed by atoms with Crippen LogP contribution in [0.5, 0.6) is 5.75 Å². The normalized spacial score (nSPS) is 17.0. The maximum absolute atomic E-state index is 13.8. The van der Waals surface area contributed by atoms with Gasteiger partial charge in [-0.1, -0.05) is 42.0 Å². The van der Waals surface area contributed by atoms with Gasteiger partial charge in [0, 0.05) is 17.7 Å². The van der Waals surface area contributed by atoms with Gasteiger partial charge in [-0.3, -0.25) is 19.8 Å². The summed E-state index contributed by atoms with van der Waals surface area (Å²) in [6.07, 6.45) is 2.02. The van der Waals surface area contributed by atoms with Crippen LogP contribution in [0.25, 0.3) is 0 Å². The number of rotatable bonds is 5. The minimum atomic E-state index is -0.486. The first-order chi connectivity index (χ1) is 17.0. The molecule has 3 aromatic carbocycles. The number of aromatic nitrogens is 3. The van der Waals surface area contributed by atoms with E-state index in [9.17, 15) is 14.9 Å². The summed E-state index contributed by atoms with van der Waals surface area (Å²) in [7, 11) is 1.63. The van der Waals surface area contributed by atoms with Gasteiger partial charge >= 0.3 is 0 Å². The summed E-state index contributed by atoms with van der Waals surface area (Å²) < 4.78 is 7.06. The van der Waals surface area contributed by atoms with Gasteiger partial charge < -0.3 is 4.74 Å². The van der Waals surface area contributed by atoms with E-state index in [0.29, 0.717) is 17.9 Å². The summed E-state index contributed by atoms with van der Waals surface area (Å²) in [6.45, 7) is 2.02. The largest absolute Gasteiger partial charge is 0.497 e. The number of fused-ring (bicyclic) bond motifs is 1. The molecule has 2 atom stereocenters. The number of hydrogen-bond donors (Lipinski definition) is 0. The molecule has 0 radical (unpaired) electrons. The quantitative estimate of drug-likeness (QED) is 0.305. The van der Waals surface area contributed by atoms with E-state index in [0.717, 1.165) is 22.4 Å². The number of nitro groups is 1. The van der Waals surface area contributed by atoms with Crippen LogP contribution in [0.2, 0.25) is 0 Å². The van der Waals surface area contributed by atoms with Crippen molar-refractivity contribution < 1.29 is 14.5 Å². The van der Waals surface area contributed by atoms with E-state index >= 15 is 0 Å². The summed E-state index contributed by atoms with van der Waals surface area (Å²) >= 11 is 0. The Balaban J connectivity index is 1.60. The lowest BCUT2D eigenvalue weighted by Crippen LogP contribution is -2.42. The molecular formula is C26H23N5O4. The molecule has 0 saturated carbocycles. The molecule has 9 heteroatoms. The van der Waals surface area contributed by atoms with E-state index in [2.05, 4.69) is 10.1 Å². The molecule has 0 saturated heterocycles. The van der Waals surface area contributed by atoms with Crippen molar-refractivity contribution in [3.63, 3.8) is 0 Å². The predicted octanol–water partition coefficient (Wildman–Crippen LogP) is 4.88. The summed E-state index contributed by atoms with van der Waals surface area (Å²) in [5, 5.41) is 15.5. The molecule has 1 aliphatic heterocycles. The van der Waals surface area contributed by atoms with Crippen LogP contribution in [0, 0.1) is 17.0 Å². The van der Waals surface area contributed by atoms with Crippen molar-refractivity contribution in [2.24, 2.45) is 0 Å². The number of carbonyl (C=O) groups is 1. The number of benzene rings is 3. The Labute approximate surface area is 201 Å². The lowest BCUT2D eigenvalue weighted by Gasteiger charge is -2.39. The van der Waals surface area contributed by atoms with Crippen LogP contribution < -0.4 is 9.64 Å². The molecule has 2 heterocycles. The highest BCUT2D eigenvalue weighted by Gasteiger charge is 2.39. The average molecular weight is 470 g/mol. The Morgan fingerprint density at radius 2 is 1.60 bits per heavy atom. The molecule has 0 N–H and O–H groups in total. The fourth-order valence-electron chi connectivity index (χ4n) is 4.47. The Hall–Kier alpha value is -4.53. The predicted molar refractivity (Wildman–Crippen MR) is 130 cm³/mol. The number of aryl methyl sites for hydroxylation is 1. The van der Waals surface area contributed by atoms with E-state index in [4.69, 9.17) is 4.74 Å². The molecule has 0 bridgehead atoms. The zero-order valence-corrected chi connectivity index (χ0v) is 19.2. The Morgan fingerprint density at radius 3 is 2.23 bits per heavy atom. The standard InChI is InChI=1S/C26H23N5O4/c1-17-3-5-18(6-4-17)23-15-24(19-9-13-22(35-2)14-10-19)30-26(27-16-28-30)29(23)25(32)20-7-11-21(12-8-20)31(33)34/h3-14,16,23-24H,15H2,1-2H3/t23-,24+/m1/s1. The SMILES string of the molecule is COc1ccc([C@@H]2C[C@H](c3ccc(C)cc3)N(C(=O)c3ccc([N+](=O)[O-])cc3)c3ncnn32)cc1. The Kier molecular flexibility index (Phi) is 5.74. The second kappa shape index (κ2) is 9.02. The van der Waals surface area contributed by atoms with Gasteiger partial charge in [0.25, 0.3) is 11.6 Å². The van der Waals surface area contributed by atoms with Crippen LogP contribution in [-0.2, 0) is 0 Å². The van der Waals surface area contributed by atoms with Crippen molar-refractivity contribution in [3.8, 4) is 5.75 Å². The lowest BCUT2D eigenvalue weighted by atomic mass is 9.91. The summed E-state index contributed by atoms with van der Waals surface area (Å²) in [6, 6.07) is 21.0. The maximum Gasteiger partial charge on any atom is 0.269 e. The van der Waals surface area contributed by atoms with Crippen LogP contribution in [0.15, 0.2) is 79.1 Å². The number of amides is 1. The summed E-state index contributed by atoms with van der Waals surface area (Å²) in [5.74, 6) is 0.882. The van der Waals surface area contributed by atoms with Gasteiger partial charge in [0.2, 0.25) is 5.95 Å². The molecule has 4 aromatic rings. The van der Waals surface area contributed by atoms with Crippen LogP contribution in [0.4, 0.5) is 11.6 Å². The van der Waals surface area contributed by atoms with E-state index < -0.39 is 4.92 Å². The van der Waals surface area contributed by atoms with Gasteiger partial charge in [0.1, 0.15) is 12.1 Å². The van der Waals surface area contributed by atoms with Crippen LogP contribution in [0.3, 0.4) is 0 Å². The maximum atomic E-state index is 13.8. The molecule has 5 rings (SSSR count). The second-order valence-corrected chi connectivity index (χ2v) is 8.43. The van der Waals surface area contributed by atoms with Crippen LogP contribution in [0.1, 0.15) is 45.6 Å². The molecule has 9 nitrogen and oxygen atoms in total. The van der Waals surface area contributed by atoms with Gasteiger partial charge in [0.15, 0.2) is 0 Å². The number of nitro benzene ring substituents is 1. The molecule has 0 spiro atoms. The van der Waals surface area contributed by atoms with E-state index in [1.165, 1.54) is 30.6 Å². The first-order valence-electron chi connectivity index (χ1n) is 11.1. The fourth-order valence-corrected chi connectivity index (χ4v) is 4.47. The number of carbonyl (C=O) groups excluding carboxylic acids is 1. The van der Waals surface area contributed by atoms with Gasteiger partial charge in [-0.2, -0.15) is 10.1 Å². The smallest absolute Gasteiger partial charge is 0.269 e. The highest BCUT2D eigenvalue weighted by atomic mass is 16.6. The van der Waals surface area contributed by atoms with Crippen molar-refractivity contribution in [2.75, 3.05) is 12.0 Å². The molecule has 0 aliphatic carbocycles. The van der Waals surface area contributed by atoms with Crippen molar-refractivity contribution >= 4 is 17.5 Å². The zero-order valence-electron chi connectivity index (χ0n) is 19.2. The molecule has 1 aromatic heterocycles. The molecule has 35 heavy (non-hydrogen) atoms. The Bertz CT molecular complexity index is 1360.